The van der Waals surface area contributed by atoms with Crippen LogP contribution in [-0.4, -0.2) is 47.4 Å². The summed E-state index contributed by atoms with van der Waals surface area (Å²) < 4.78 is 11.1. The first kappa shape index (κ1) is 18.1. The minimum Gasteiger partial charge on any atom is -0.381 e. The number of fused-ring (bicyclic) bond motifs is 1. The van der Waals surface area contributed by atoms with Gasteiger partial charge in [0.05, 0.1) is 5.92 Å². The zero-order valence-corrected chi connectivity index (χ0v) is 16.4. The number of hydrogen-bond donors (Lipinski definition) is 1. The first-order valence-corrected chi connectivity index (χ1v) is 10.1. The summed E-state index contributed by atoms with van der Waals surface area (Å²) in [7, 11) is 0. The number of carbonyl (C=O) groups excluding carboxylic acids is 1. The van der Waals surface area contributed by atoms with E-state index in [1.54, 1.807) is 0 Å². The van der Waals surface area contributed by atoms with Crippen molar-refractivity contribution in [2.45, 2.75) is 25.7 Å². The van der Waals surface area contributed by atoms with Gasteiger partial charge in [-0.25, -0.2) is 4.79 Å². The molecule has 0 bridgehead atoms. The van der Waals surface area contributed by atoms with Crippen molar-refractivity contribution in [3.8, 4) is 0 Å². The lowest BCUT2D eigenvalue weighted by Gasteiger charge is -2.36. The fraction of sp³-hybridized carbons (Fsp3) is 0.409. The lowest BCUT2D eigenvalue weighted by Crippen LogP contribution is -2.38. The molecule has 29 heavy (non-hydrogen) atoms. The normalized spacial score (nSPS) is 21.0. The van der Waals surface area contributed by atoms with Crippen molar-refractivity contribution in [3.05, 3.63) is 54.2 Å². The second-order valence-electron chi connectivity index (χ2n) is 8.08. The topological polar surface area (TPSA) is 80.5 Å². The van der Waals surface area contributed by atoms with Gasteiger partial charge in [0.1, 0.15) is 0 Å². The van der Waals surface area contributed by atoms with E-state index in [4.69, 9.17) is 9.26 Å². The third kappa shape index (κ3) is 3.35. The Balaban J connectivity index is 1.38. The number of hydrogen-bond acceptors (Lipinski definition) is 5. The van der Waals surface area contributed by atoms with Gasteiger partial charge in [-0.15, -0.1) is 0 Å². The van der Waals surface area contributed by atoms with Crippen LogP contribution in [0.3, 0.4) is 0 Å². The van der Waals surface area contributed by atoms with Crippen molar-refractivity contribution in [2.24, 2.45) is 5.41 Å². The molecule has 0 radical (unpaired) electrons. The Morgan fingerprint density at radius 3 is 2.72 bits per heavy atom. The van der Waals surface area contributed by atoms with E-state index in [0.29, 0.717) is 38.0 Å². The Morgan fingerprint density at radius 2 is 1.97 bits per heavy atom. The molecule has 150 valence electrons. The number of amides is 2. The van der Waals surface area contributed by atoms with Crippen LogP contribution in [0.2, 0.25) is 0 Å². The van der Waals surface area contributed by atoms with Gasteiger partial charge in [0, 0.05) is 37.4 Å². The lowest BCUT2D eigenvalue weighted by atomic mass is 9.72. The van der Waals surface area contributed by atoms with Crippen molar-refractivity contribution in [2.75, 3.05) is 31.6 Å². The summed E-state index contributed by atoms with van der Waals surface area (Å²) in [6, 6.07) is 14.0. The summed E-state index contributed by atoms with van der Waals surface area (Å²) in [5.74, 6) is 1.29. The van der Waals surface area contributed by atoms with Crippen molar-refractivity contribution >= 4 is 22.5 Å². The molecule has 1 unspecified atom stereocenters. The summed E-state index contributed by atoms with van der Waals surface area (Å²) in [6.45, 7) is 4.46. The van der Waals surface area contributed by atoms with Gasteiger partial charge < -0.3 is 19.5 Å². The van der Waals surface area contributed by atoms with Crippen LogP contribution in [0.5, 0.6) is 0 Å². The minimum absolute atomic E-state index is 0.0370. The zero-order valence-electron chi connectivity index (χ0n) is 16.4. The quantitative estimate of drug-likeness (QED) is 0.714. The van der Waals surface area contributed by atoms with Gasteiger partial charge in [-0.1, -0.05) is 35.5 Å². The predicted molar refractivity (Wildman–Crippen MR) is 109 cm³/mol. The van der Waals surface area contributed by atoms with E-state index in [-0.39, 0.29) is 17.4 Å². The number of nitrogens with one attached hydrogen (secondary N) is 1. The van der Waals surface area contributed by atoms with Crippen molar-refractivity contribution in [3.63, 3.8) is 0 Å². The molecule has 2 aromatic carbocycles. The number of aromatic nitrogens is 2. The van der Waals surface area contributed by atoms with Gasteiger partial charge >= 0.3 is 6.03 Å². The minimum atomic E-state index is -0.0927. The number of likely N-dealkylation sites (tertiary alicyclic amines) is 1. The number of nitrogens with zero attached hydrogens (tertiary/aromatic N) is 3. The predicted octanol–water partition coefficient (Wildman–Crippen LogP) is 3.96. The van der Waals surface area contributed by atoms with Crippen molar-refractivity contribution in [1.82, 2.24) is 15.0 Å². The van der Waals surface area contributed by atoms with Crippen LogP contribution in [0.4, 0.5) is 10.5 Å². The summed E-state index contributed by atoms with van der Waals surface area (Å²) in [4.78, 5) is 19.4. The summed E-state index contributed by atoms with van der Waals surface area (Å²) in [5, 5.41) is 9.29. The van der Waals surface area contributed by atoms with E-state index in [9.17, 15) is 4.79 Å². The zero-order chi connectivity index (χ0) is 19.8. The molecule has 7 heteroatoms. The lowest BCUT2D eigenvalue weighted by molar-refractivity contribution is 0.00959. The monoisotopic (exact) mass is 392 g/mol. The maximum Gasteiger partial charge on any atom is 0.321 e. The SMILES string of the molecule is Cc1noc(C2CN(C(=O)Nc3ccc4ccccc4c3)CC23CCOCC3)n1. The maximum atomic E-state index is 13.1. The Hall–Kier alpha value is -2.93. The molecule has 5 rings (SSSR count). The van der Waals surface area contributed by atoms with Gasteiger partial charge in [0.2, 0.25) is 5.89 Å². The molecule has 0 saturated carbocycles. The molecule has 3 aromatic rings. The highest BCUT2D eigenvalue weighted by atomic mass is 16.5. The van der Waals surface area contributed by atoms with Gasteiger partial charge in [-0.2, -0.15) is 4.98 Å². The summed E-state index contributed by atoms with van der Waals surface area (Å²) in [6.07, 6.45) is 1.78. The third-order valence-corrected chi connectivity index (χ3v) is 6.27. The highest BCUT2D eigenvalue weighted by Crippen LogP contribution is 2.49. The molecular formula is C22H24N4O3. The molecule has 1 spiro atoms. The number of aryl methyl sites for hydroxylation is 1. The van der Waals surface area contributed by atoms with Crippen LogP contribution < -0.4 is 5.32 Å². The van der Waals surface area contributed by atoms with E-state index in [2.05, 4.69) is 21.5 Å². The molecule has 1 aromatic heterocycles. The van der Waals surface area contributed by atoms with E-state index in [1.165, 1.54) is 0 Å². The molecule has 7 nitrogen and oxygen atoms in total. The first-order chi connectivity index (χ1) is 14.1. The van der Waals surface area contributed by atoms with Crippen LogP contribution in [0.25, 0.3) is 10.8 Å². The standard InChI is InChI=1S/C22H24N4O3/c1-15-23-20(29-25-15)19-13-26(14-22(19)8-10-28-11-9-22)21(27)24-18-7-6-16-4-2-3-5-17(16)12-18/h2-7,12,19H,8-11,13-14H2,1H3,(H,24,27). The van der Waals surface area contributed by atoms with E-state index < -0.39 is 0 Å². The van der Waals surface area contributed by atoms with E-state index in [1.807, 2.05) is 48.2 Å². The van der Waals surface area contributed by atoms with Crippen molar-refractivity contribution in [1.29, 1.82) is 0 Å². The van der Waals surface area contributed by atoms with Crippen LogP contribution in [0.15, 0.2) is 47.0 Å². The number of benzene rings is 2. The van der Waals surface area contributed by atoms with Gasteiger partial charge in [0.25, 0.3) is 0 Å². The van der Waals surface area contributed by atoms with Crippen LogP contribution in [0, 0.1) is 12.3 Å². The Bertz CT molecular complexity index is 1040. The fourth-order valence-electron chi connectivity index (χ4n) is 4.67. The molecule has 2 aliphatic rings. The molecule has 2 amide bonds. The Morgan fingerprint density at radius 1 is 1.17 bits per heavy atom. The fourth-order valence-corrected chi connectivity index (χ4v) is 4.67. The number of urea groups is 1. The molecule has 2 saturated heterocycles. The van der Waals surface area contributed by atoms with Gasteiger partial charge in [-0.05, 0) is 42.7 Å². The average Bonchev–Trinajstić information content (AvgIpc) is 3.32. The number of carbonyl (C=O) groups is 1. The molecule has 3 heterocycles. The number of ether oxygens (including phenoxy) is 1. The van der Waals surface area contributed by atoms with Crippen molar-refractivity contribution < 1.29 is 14.1 Å². The second kappa shape index (κ2) is 7.15. The average molecular weight is 392 g/mol. The highest BCUT2D eigenvalue weighted by molar-refractivity contribution is 5.93. The van der Waals surface area contributed by atoms with Gasteiger partial charge in [0.15, 0.2) is 5.82 Å². The molecule has 1 N–H and O–H groups in total. The van der Waals surface area contributed by atoms with E-state index >= 15 is 0 Å². The van der Waals surface area contributed by atoms with Crippen LogP contribution in [0.1, 0.15) is 30.5 Å². The highest BCUT2D eigenvalue weighted by Gasteiger charge is 2.51. The first-order valence-electron chi connectivity index (χ1n) is 10.1. The van der Waals surface area contributed by atoms with Crippen LogP contribution in [-0.2, 0) is 4.74 Å². The van der Waals surface area contributed by atoms with E-state index in [0.717, 1.165) is 29.3 Å². The molecule has 0 aliphatic carbocycles. The number of rotatable bonds is 2. The molecule has 2 fully saturated rings. The Kier molecular flexibility index (Phi) is 4.47. The summed E-state index contributed by atoms with van der Waals surface area (Å²) in [5.41, 5.74) is 0.726. The summed E-state index contributed by atoms with van der Waals surface area (Å²) >= 11 is 0. The second-order valence-corrected chi connectivity index (χ2v) is 8.08. The molecule has 2 aliphatic heterocycles. The smallest absolute Gasteiger partial charge is 0.321 e. The Labute approximate surface area is 169 Å². The number of anilines is 1. The van der Waals surface area contributed by atoms with Crippen LogP contribution >= 0.6 is 0 Å². The third-order valence-electron chi connectivity index (χ3n) is 6.27. The molecular weight excluding hydrogens is 368 g/mol. The largest absolute Gasteiger partial charge is 0.381 e. The molecule has 1 atom stereocenters. The maximum absolute atomic E-state index is 13.1. The van der Waals surface area contributed by atoms with Gasteiger partial charge in [-0.3, -0.25) is 0 Å².